The number of benzene rings is 4. The van der Waals surface area contributed by atoms with Gasteiger partial charge in [-0.3, -0.25) is 9.78 Å². The van der Waals surface area contributed by atoms with Crippen molar-refractivity contribution < 1.29 is 19.4 Å². The lowest BCUT2D eigenvalue weighted by Crippen LogP contribution is -2.38. The molecule has 3 heterocycles. The van der Waals surface area contributed by atoms with Crippen LogP contribution in [-0.4, -0.2) is 42.4 Å². The van der Waals surface area contributed by atoms with Crippen LogP contribution < -0.4 is 5.32 Å². The van der Waals surface area contributed by atoms with E-state index in [0.29, 0.717) is 12.1 Å². The summed E-state index contributed by atoms with van der Waals surface area (Å²) in [6, 6.07) is 31.7. The van der Waals surface area contributed by atoms with E-state index in [1.54, 1.807) is 18.0 Å². The molecule has 4 unspecified atom stereocenters. The molecule has 4 atom stereocenters. The monoisotopic (exact) mass is 671 g/mol. The Bertz CT molecular complexity index is 2050. The molecule has 49 heavy (non-hydrogen) atoms. The van der Waals surface area contributed by atoms with Gasteiger partial charge in [-0.05, 0) is 39.9 Å². The molecule has 4 aromatic carbocycles. The van der Waals surface area contributed by atoms with E-state index in [1.165, 1.54) is 6.20 Å². The fourth-order valence-corrected chi connectivity index (χ4v) is 7.16. The minimum atomic E-state index is -0.572. The standard InChI is InChI=1S/C39H37N5O4S/c1-25-35(24-49-39-40-19-20-44(39)2)47-38(48-36(25)28-13-11-26(23-45)12-14-28)29-17-15-27(16-18-29)31-8-4-3-7-30(31)21-42-37(46)34-22-41-32-9-5-6-10-33(32)43-34/h3-20,22,25,35-36,38,45H,21,23-24H2,1-2H3,(H,42,46). The van der Waals surface area contributed by atoms with E-state index >= 15 is 0 Å². The Morgan fingerprint density at radius 1 is 0.898 bits per heavy atom. The number of hydrogen-bond acceptors (Lipinski definition) is 8. The van der Waals surface area contributed by atoms with Crippen LogP contribution in [0.25, 0.3) is 22.2 Å². The van der Waals surface area contributed by atoms with Crippen molar-refractivity contribution in [2.45, 2.75) is 43.7 Å². The highest BCUT2D eigenvalue weighted by molar-refractivity contribution is 7.99. The van der Waals surface area contributed by atoms with Gasteiger partial charge in [0.25, 0.3) is 5.91 Å². The lowest BCUT2D eigenvalue weighted by Gasteiger charge is -2.41. The smallest absolute Gasteiger partial charge is 0.271 e. The van der Waals surface area contributed by atoms with Gasteiger partial charge >= 0.3 is 0 Å². The predicted molar refractivity (Wildman–Crippen MR) is 189 cm³/mol. The number of imidazole rings is 1. The van der Waals surface area contributed by atoms with Gasteiger partial charge in [-0.2, -0.15) is 0 Å². The first-order chi connectivity index (χ1) is 24.0. The van der Waals surface area contributed by atoms with E-state index in [9.17, 15) is 9.90 Å². The van der Waals surface area contributed by atoms with Gasteiger partial charge in [0.1, 0.15) is 5.69 Å². The number of fused-ring (bicyclic) bond motifs is 1. The highest BCUT2D eigenvalue weighted by atomic mass is 32.2. The molecule has 1 aliphatic rings. The number of carbonyl (C=O) groups is 1. The number of thioether (sulfide) groups is 1. The summed E-state index contributed by atoms with van der Waals surface area (Å²) in [4.78, 5) is 26.3. The molecule has 2 aromatic heterocycles. The molecule has 0 saturated carbocycles. The molecule has 0 spiro atoms. The topological polar surface area (TPSA) is 111 Å². The van der Waals surface area contributed by atoms with Crippen molar-refractivity contribution in [2.24, 2.45) is 13.0 Å². The molecule has 2 N–H and O–H groups in total. The summed E-state index contributed by atoms with van der Waals surface area (Å²) in [5.41, 5.74) is 7.55. The number of ether oxygens (including phenoxy) is 2. The third kappa shape index (κ3) is 7.28. The lowest BCUT2D eigenvalue weighted by atomic mass is 9.91. The third-order valence-corrected chi connectivity index (χ3v) is 10.1. The third-order valence-electron chi connectivity index (χ3n) is 8.91. The van der Waals surface area contributed by atoms with Crippen LogP contribution in [0.1, 0.15) is 52.1 Å². The van der Waals surface area contributed by atoms with Crippen LogP contribution in [0.5, 0.6) is 0 Å². The molecule has 10 heteroatoms. The Balaban J connectivity index is 1.09. The van der Waals surface area contributed by atoms with Crippen LogP contribution in [0.15, 0.2) is 121 Å². The van der Waals surface area contributed by atoms with Gasteiger partial charge in [0.05, 0.1) is 36.0 Å². The number of aliphatic hydroxyl groups excluding tert-OH is 1. The Kier molecular flexibility index (Phi) is 9.81. The van der Waals surface area contributed by atoms with Gasteiger partial charge in [-0.15, -0.1) is 0 Å². The number of aliphatic hydroxyl groups is 1. The first kappa shape index (κ1) is 32.7. The van der Waals surface area contributed by atoms with Gasteiger partial charge in [0.2, 0.25) is 0 Å². The van der Waals surface area contributed by atoms with Crippen LogP contribution in [0.2, 0.25) is 0 Å². The fourth-order valence-electron chi connectivity index (χ4n) is 6.07. The number of amides is 1. The molecule has 1 fully saturated rings. The number of rotatable bonds is 10. The summed E-state index contributed by atoms with van der Waals surface area (Å²) >= 11 is 1.67. The van der Waals surface area contributed by atoms with Crippen molar-refractivity contribution in [1.29, 1.82) is 0 Å². The minimum Gasteiger partial charge on any atom is -0.392 e. The maximum absolute atomic E-state index is 13.0. The number of nitrogens with one attached hydrogen (secondary N) is 1. The van der Waals surface area contributed by atoms with E-state index in [2.05, 4.69) is 45.4 Å². The molecular formula is C39H37N5O4S. The van der Waals surface area contributed by atoms with Crippen LogP contribution in [0.3, 0.4) is 0 Å². The van der Waals surface area contributed by atoms with Crippen molar-refractivity contribution in [3.05, 3.63) is 144 Å². The van der Waals surface area contributed by atoms with Gasteiger partial charge in [0, 0.05) is 43.2 Å². The second kappa shape index (κ2) is 14.7. The lowest BCUT2D eigenvalue weighted by molar-refractivity contribution is -0.268. The first-order valence-corrected chi connectivity index (χ1v) is 17.2. The van der Waals surface area contributed by atoms with Crippen LogP contribution in [0, 0.1) is 5.92 Å². The van der Waals surface area contributed by atoms with Crippen molar-refractivity contribution in [2.75, 3.05) is 5.75 Å². The van der Waals surface area contributed by atoms with Crippen molar-refractivity contribution in [1.82, 2.24) is 24.8 Å². The van der Waals surface area contributed by atoms with Crippen LogP contribution in [0.4, 0.5) is 0 Å². The second-order valence-electron chi connectivity index (χ2n) is 12.2. The molecule has 9 nitrogen and oxygen atoms in total. The SMILES string of the molecule is CC1C(CSc2nccn2C)OC(c2ccc(-c3ccccc3CNC(=O)c3cnc4ccccc4n3)cc2)OC1c1ccc(CO)cc1. The summed E-state index contributed by atoms with van der Waals surface area (Å²) in [7, 11) is 1.99. The largest absolute Gasteiger partial charge is 0.392 e. The zero-order valence-electron chi connectivity index (χ0n) is 27.3. The average molecular weight is 672 g/mol. The van der Waals surface area contributed by atoms with E-state index in [4.69, 9.17) is 9.47 Å². The Labute approximate surface area is 289 Å². The zero-order valence-corrected chi connectivity index (χ0v) is 28.1. The highest BCUT2D eigenvalue weighted by Crippen LogP contribution is 2.43. The maximum atomic E-state index is 13.0. The number of nitrogens with zero attached hydrogens (tertiary/aromatic N) is 4. The maximum Gasteiger partial charge on any atom is 0.271 e. The summed E-state index contributed by atoms with van der Waals surface area (Å²) in [6.45, 7) is 2.50. The number of aromatic nitrogens is 4. The molecule has 1 aliphatic heterocycles. The zero-order chi connectivity index (χ0) is 33.7. The van der Waals surface area contributed by atoms with Gasteiger partial charge in [-0.1, -0.05) is 104 Å². The fraction of sp³-hybridized carbons (Fsp3) is 0.231. The summed E-state index contributed by atoms with van der Waals surface area (Å²) < 4.78 is 15.3. The molecule has 7 rings (SSSR count). The summed E-state index contributed by atoms with van der Waals surface area (Å²) in [5.74, 6) is 0.519. The van der Waals surface area contributed by atoms with Crippen molar-refractivity contribution in [3.63, 3.8) is 0 Å². The molecule has 1 saturated heterocycles. The van der Waals surface area contributed by atoms with Gasteiger partial charge in [0.15, 0.2) is 11.4 Å². The molecule has 0 radical (unpaired) electrons. The molecule has 1 amide bonds. The van der Waals surface area contributed by atoms with E-state index in [0.717, 1.165) is 49.8 Å². The summed E-state index contributed by atoms with van der Waals surface area (Å²) in [5, 5.41) is 13.5. The Morgan fingerprint density at radius 3 is 2.39 bits per heavy atom. The highest BCUT2D eigenvalue weighted by Gasteiger charge is 2.38. The number of hydrogen-bond donors (Lipinski definition) is 2. The van der Waals surface area contributed by atoms with Crippen LogP contribution >= 0.6 is 11.8 Å². The summed E-state index contributed by atoms with van der Waals surface area (Å²) in [6.07, 6.45) is 4.39. The second-order valence-corrected chi connectivity index (χ2v) is 13.1. The predicted octanol–water partition coefficient (Wildman–Crippen LogP) is 7.04. The van der Waals surface area contributed by atoms with E-state index in [-0.39, 0.29) is 36.3 Å². The van der Waals surface area contributed by atoms with Crippen LogP contribution in [-0.2, 0) is 29.7 Å². The van der Waals surface area contributed by atoms with Gasteiger partial charge < -0.3 is 24.5 Å². The van der Waals surface area contributed by atoms with E-state index < -0.39 is 6.29 Å². The first-order valence-electron chi connectivity index (χ1n) is 16.3. The average Bonchev–Trinajstić information content (AvgIpc) is 3.57. The normalized spacial score (nSPS) is 19.2. The Hall–Kier alpha value is -4.87. The number of para-hydroxylation sites is 2. The molecule has 248 valence electrons. The quantitative estimate of drug-likeness (QED) is 0.149. The Morgan fingerprint density at radius 2 is 1.63 bits per heavy atom. The molecule has 0 aliphatic carbocycles. The van der Waals surface area contributed by atoms with Crippen molar-refractivity contribution >= 4 is 28.7 Å². The molecule has 6 aromatic rings. The minimum absolute atomic E-state index is 0.00297. The van der Waals surface area contributed by atoms with Crippen molar-refractivity contribution in [3.8, 4) is 11.1 Å². The molecule has 0 bridgehead atoms. The molecular weight excluding hydrogens is 635 g/mol. The van der Waals surface area contributed by atoms with Gasteiger partial charge in [-0.25, -0.2) is 9.97 Å². The van der Waals surface area contributed by atoms with E-state index in [1.807, 2.05) is 96.7 Å². The number of aryl methyl sites for hydroxylation is 1. The number of carbonyl (C=O) groups excluding carboxylic acids is 1.